The van der Waals surface area contributed by atoms with Crippen LogP contribution in [-0.2, 0) is 14.4 Å². The van der Waals surface area contributed by atoms with E-state index in [-0.39, 0.29) is 42.1 Å². The van der Waals surface area contributed by atoms with Crippen molar-refractivity contribution in [1.82, 2.24) is 15.5 Å². The third-order valence-corrected chi connectivity index (χ3v) is 4.67. The number of halogens is 1. The molecule has 144 valence electrons. The Morgan fingerprint density at radius 3 is 2.48 bits per heavy atom. The molecule has 2 fully saturated rings. The zero-order valence-electron chi connectivity index (χ0n) is 14.8. The molecule has 2 aliphatic rings. The summed E-state index contributed by atoms with van der Waals surface area (Å²) in [5.41, 5.74) is 5.37. The predicted molar refractivity (Wildman–Crippen MR) is 98.2 cm³/mol. The maximum atomic E-state index is 12.5. The number of likely N-dealkylation sites (tertiary alicyclic amines) is 1. The number of carbonyl (C=O) groups excluding carboxylic acids is 3. The second-order valence-electron chi connectivity index (χ2n) is 6.75. The van der Waals surface area contributed by atoms with Crippen molar-refractivity contribution in [3.05, 3.63) is 0 Å². The van der Waals surface area contributed by atoms with Gasteiger partial charge in [-0.2, -0.15) is 0 Å². The van der Waals surface area contributed by atoms with E-state index in [1.54, 1.807) is 0 Å². The molecule has 8 heteroatoms. The summed E-state index contributed by atoms with van der Waals surface area (Å²) in [5, 5.41) is 5.76. The molecule has 1 unspecified atom stereocenters. The number of carbonyl (C=O) groups is 3. The van der Waals surface area contributed by atoms with Crippen molar-refractivity contribution < 1.29 is 14.4 Å². The molecule has 4 N–H and O–H groups in total. The van der Waals surface area contributed by atoms with Crippen LogP contribution in [0.4, 0.5) is 0 Å². The first-order valence-electron chi connectivity index (χ1n) is 9.15. The van der Waals surface area contributed by atoms with Crippen LogP contribution in [0, 0.1) is 5.92 Å². The van der Waals surface area contributed by atoms with E-state index in [9.17, 15) is 14.4 Å². The lowest BCUT2D eigenvalue weighted by Crippen LogP contribution is -2.49. The van der Waals surface area contributed by atoms with Crippen molar-refractivity contribution in [2.45, 2.75) is 57.4 Å². The molecule has 0 aromatic heterocycles. The van der Waals surface area contributed by atoms with Gasteiger partial charge in [0.25, 0.3) is 0 Å². The van der Waals surface area contributed by atoms with Crippen LogP contribution in [0.5, 0.6) is 0 Å². The molecule has 1 atom stereocenters. The first kappa shape index (κ1) is 21.7. The lowest BCUT2D eigenvalue weighted by atomic mass is 10.0. The number of hydrogen-bond acceptors (Lipinski definition) is 4. The summed E-state index contributed by atoms with van der Waals surface area (Å²) in [6.07, 6.45) is 6.44. The Morgan fingerprint density at radius 1 is 1.04 bits per heavy atom. The van der Waals surface area contributed by atoms with E-state index in [0.29, 0.717) is 38.9 Å². The molecular formula is C17H31ClN4O3. The highest BCUT2D eigenvalue weighted by Crippen LogP contribution is 2.28. The highest BCUT2D eigenvalue weighted by atomic mass is 35.5. The van der Waals surface area contributed by atoms with Crippen LogP contribution in [0.2, 0.25) is 0 Å². The highest BCUT2D eigenvalue weighted by molar-refractivity contribution is 5.85. The van der Waals surface area contributed by atoms with Crippen molar-refractivity contribution in [1.29, 1.82) is 0 Å². The zero-order chi connectivity index (χ0) is 17.4. The van der Waals surface area contributed by atoms with Crippen LogP contribution < -0.4 is 16.4 Å². The summed E-state index contributed by atoms with van der Waals surface area (Å²) in [6.45, 7) is 2.16. The predicted octanol–water partition coefficient (Wildman–Crippen LogP) is 0.561. The number of rotatable bonds is 9. The van der Waals surface area contributed by atoms with Crippen LogP contribution >= 0.6 is 12.4 Å². The minimum atomic E-state index is -0.0572. The highest BCUT2D eigenvalue weighted by Gasteiger charge is 2.29. The molecule has 1 saturated carbocycles. The van der Waals surface area contributed by atoms with E-state index in [1.165, 1.54) is 0 Å². The molecule has 0 aromatic carbocycles. The lowest BCUT2D eigenvalue weighted by Gasteiger charge is -2.36. The van der Waals surface area contributed by atoms with Gasteiger partial charge < -0.3 is 21.3 Å². The number of nitrogens with zero attached hydrogens (tertiary/aromatic N) is 1. The van der Waals surface area contributed by atoms with Gasteiger partial charge in [0.2, 0.25) is 17.7 Å². The molecule has 25 heavy (non-hydrogen) atoms. The van der Waals surface area contributed by atoms with E-state index < -0.39 is 0 Å². The minimum Gasteiger partial charge on any atom is -0.356 e. The average molecular weight is 375 g/mol. The van der Waals surface area contributed by atoms with Crippen LogP contribution in [0.25, 0.3) is 0 Å². The molecule has 3 amide bonds. The molecule has 1 aliphatic heterocycles. The van der Waals surface area contributed by atoms with Gasteiger partial charge in [-0.25, -0.2) is 0 Å². The SMILES string of the molecule is Cl.NCCC(=O)NCC1CCCCN1C(=O)CCCNC(=O)C1CC1. The monoisotopic (exact) mass is 374 g/mol. The average Bonchev–Trinajstić information content (AvgIpc) is 3.42. The molecule has 1 aliphatic carbocycles. The molecule has 7 nitrogen and oxygen atoms in total. The van der Waals surface area contributed by atoms with Gasteiger partial charge in [0.15, 0.2) is 0 Å². The van der Waals surface area contributed by atoms with Gasteiger partial charge in [-0.15, -0.1) is 12.4 Å². The Balaban J connectivity index is 0.00000312. The van der Waals surface area contributed by atoms with Crippen LogP contribution in [0.3, 0.4) is 0 Å². The van der Waals surface area contributed by atoms with Gasteiger partial charge in [0.05, 0.1) is 0 Å². The number of piperidine rings is 1. The lowest BCUT2D eigenvalue weighted by molar-refractivity contribution is -0.135. The van der Waals surface area contributed by atoms with E-state index >= 15 is 0 Å². The van der Waals surface area contributed by atoms with Crippen molar-refractivity contribution in [3.8, 4) is 0 Å². The largest absolute Gasteiger partial charge is 0.356 e. The van der Waals surface area contributed by atoms with Crippen molar-refractivity contribution >= 4 is 30.1 Å². The van der Waals surface area contributed by atoms with E-state index in [2.05, 4.69) is 10.6 Å². The normalized spacial score (nSPS) is 19.7. The molecule has 0 spiro atoms. The topological polar surface area (TPSA) is 105 Å². The van der Waals surface area contributed by atoms with Crippen LogP contribution in [0.15, 0.2) is 0 Å². The summed E-state index contributed by atoms with van der Waals surface area (Å²) >= 11 is 0. The van der Waals surface area contributed by atoms with E-state index in [0.717, 1.165) is 38.6 Å². The molecule has 0 aromatic rings. The Kier molecular flexibility index (Phi) is 9.82. The van der Waals surface area contributed by atoms with Gasteiger partial charge >= 0.3 is 0 Å². The second kappa shape index (κ2) is 11.3. The Morgan fingerprint density at radius 2 is 1.80 bits per heavy atom. The number of amides is 3. The maximum Gasteiger partial charge on any atom is 0.223 e. The summed E-state index contributed by atoms with van der Waals surface area (Å²) in [5.74, 6) is 0.400. The third kappa shape index (κ3) is 7.61. The molecule has 1 heterocycles. The standard InChI is InChI=1S/C17H30N4O3.ClH/c18-9-8-15(22)20-12-14-4-1-2-11-21(14)16(23)5-3-10-19-17(24)13-6-7-13;/h13-14H,1-12,18H2,(H,19,24)(H,20,22);1H. The fourth-order valence-electron chi connectivity index (χ4n) is 3.08. The molecule has 1 saturated heterocycles. The van der Waals surface area contributed by atoms with Gasteiger partial charge in [-0.05, 0) is 38.5 Å². The first-order chi connectivity index (χ1) is 11.6. The summed E-state index contributed by atoms with van der Waals surface area (Å²) < 4.78 is 0. The number of hydrogen-bond donors (Lipinski definition) is 3. The van der Waals surface area contributed by atoms with Gasteiger partial charge in [0.1, 0.15) is 0 Å². The number of nitrogens with one attached hydrogen (secondary N) is 2. The summed E-state index contributed by atoms with van der Waals surface area (Å²) in [4.78, 5) is 37.5. The zero-order valence-corrected chi connectivity index (χ0v) is 15.6. The fourth-order valence-corrected chi connectivity index (χ4v) is 3.08. The summed E-state index contributed by atoms with van der Waals surface area (Å²) in [6, 6.07) is 0.0778. The van der Waals surface area contributed by atoms with Crippen LogP contribution in [0.1, 0.15) is 51.4 Å². The molecule has 2 rings (SSSR count). The van der Waals surface area contributed by atoms with Crippen molar-refractivity contribution in [2.75, 3.05) is 26.2 Å². The Labute approximate surface area is 155 Å². The maximum absolute atomic E-state index is 12.5. The Hall–Kier alpha value is -1.34. The van der Waals surface area contributed by atoms with Crippen LogP contribution in [-0.4, -0.2) is 54.8 Å². The quantitative estimate of drug-likeness (QED) is 0.513. The van der Waals surface area contributed by atoms with Gasteiger partial charge in [-0.3, -0.25) is 14.4 Å². The second-order valence-corrected chi connectivity index (χ2v) is 6.75. The van der Waals surface area contributed by atoms with Gasteiger partial charge in [0, 0.05) is 51.0 Å². The first-order valence-corrected chi connectivity index (χ1v) is 9.15. The van der Waals surface area contributed by atoms with Crippen molar-refractivity contribution in [2.24, 2.45) is 11.7 Å². The third-order valence-electron chi connectivity index (χ3n) is 4.67. The van der Waals surface area contributed by atoms with Crippen molar-refractivity contribution in [3.63, 3.8) is 0 Å². The van der Waals surface area contributed by atoms with E-state index in [4.69, 9.17) is 5.73 Å². The van der Waals surface area contributed by atoms with E-state index in [1.807, 2.05) is 4.90 Å². The minimum absolute atomic E-state index is 0. The number of nitrogens with two attached hydrogens (primary N) is 1. The molecule has 0 bridgehead atoms. The summed E-state index contributed by atoms with van der Waals surface area (Å²) in [7, 11) is 0. The fraction of sp³-hybridized carbons (Fsp3) is 0.824. The molecule has 0 radical (unpaired) electrons. The smallest absolute Gasteiger partial charge is 0.223 e. The Bertz CT molecular complexity index is 457. The van der Waals surface area contributed by atoms with Gasteiger partial charge in [-0.1, -0.05) is 0 Å². The molecular weight excluding hydrogens is 344 g/mol.